The molecule has 3 aromatic rings. The molecule has 5 nitrogen and oxygen atoms in total. The van der Waals surface area contributed by atoms with Crippen molar-refractivity contribution in [1.82, 2.24) is 10.6 Å². The van der Waals surface area contributed by atoms with Crippen LogP contribution in [0.25, 0.3) is 0 Å². The molecule has 33 heavy (non-hydrogen) atoms. The number of carbonyl (C=O) groups is 2. The van der Waals surface area contributed by atoms with Crippen molar-refractivity contribution in [1.29, 1.82) is 0 Å². The van der Waals surface area contributed by atoms with Gasteiger partial charge in [0.05, 0.1) is 13.2 Å². The molecule has 5 heteroatoms. The van der Waals surface area contributed by atoms with Gasteiger partial charge >= 0.3 is 0 Å². The number of ether oxygens (including phenoxy) is 1. The summed E-state index contributed by atoms with van der Waals surface area (Å²) in [6.07, 6.45) is 1.03. The highest BCUT2D eigenvalue weighted by atomic mass is 16.5. The van der Waals surface area contributed by atoms with E-state index in [1.54, 1.807) is 24.3 Å². The van der Waals surface area contributed by atoms with Crippen LogP contribution in [-0.2, 0) is 4.79 Å². The van der Waals surface area contributed by atoms with Crippen molar-refractivity contribution in [3.8, 4) is 5.75 Å². The minimum Gasteiger partial charge on any atom is -0.494 e. The lowest BCUT2D eigenvalue weighted by molar-refractivity contribution is -0.120. The largest absolute Gasteiger partial charge is 0.494 e. The van der Waals surface area contributed by atoms with Crippen LogP contribution < -0.4 is 15.4 Å². The fourth-order valence-electron chi connectivity index (χ4n) is 5.40. The summed E-state index contributed by atoms with van der Waals surface area (Å²) in [5.74, 6) is 1.29. The second-order valence-corrected chi connectivity index (χ2v) is 8.73. The monoisotopic (exact) mass is 440 g/mol. The normalized spacial score (nSPS) is 19.8. The standard InChI is InChI=1S/C28H28N2O3/c1-2-33-20-13-11-18(12-14-20)28(32)30-17-26(31)29-16-19-15-25-21-7-3-5-9-23(21)27(19)24-10-6-4-8-22(24)25/h3-14,19,25,27H,2,15-17H2,1H3,(H,29,31)(H,30,32). The number of fused-ring (bicyclic) bond motifs is 1. The summed E-state index contributed by atoms with van der Waals surface area (Å²) in [4.78, 5) is 24.9. The van der Waals surface area contributed by atoms with E-state index in [9.17, 15) is 9.59 Å². The fourth-order valence-corrected chi connectivity index (χ4v) is 5.40. The second kappa shape index (κ2) is 9.10. The molecule has 0 heterocycles. The molecule has 2 bridgehead atoms. The Bertz CT molecular complexity index is 1120. The van der Waals surface area contributed by atoms with Gasteiger partial charge in [-0.15, -0.1) is 0 Å². The van der Waals surface area contributed by atoms with Crippen molar-refractivity contribution in [2.45, 2.75) is 25.2 Å². The molecule has 3 aliphatic carbocycles. The van der Waals surface area contributed by atoms with Crippen LogP contribution in [0.5, 0.6) is 5.75 Å². The van der Waals surface area contributed by atoms with E-state index < -0.39 is 0 Å². The average Bonchev–Trinajstić information content (AvgIpc) is 2.87. The van der Waals surface area contributed by atoms with E-state index in [0.29, 0.717) is 36.5 Å². The molecular weight excluding hydrogens is 412 g/mol. The van der Waals surface area contributed by atoms with E-state index in [0.717, 1.165) is 12.2 Å². The van der Waals surface area contributed by atoms with E-state index in [4.69, 9.17) is 4.74 Å². The van der Waals surface area contributed by atoms with Crippen LogP contribution in [0.1, 0.15) is 57.8 Å². The van der Waals surface area contributed by atoms with E-state index >= 15 is 0 Å². The fraction of sp³-hybridized carbons (Fsp3) is 0.286. The van der Waals surface area contributed by atoms with E-state index in [1.807, 2.05) is 6.92 Å². The Labute approximate surface area is 194 Å². The van der Waals surface area contributed by atoms with Gasteiger partial charge in [0.15, 0.2) is 0 Å². The Morgan fingerprint density at radius 1 is 0.848 bits per heavy atom. The quantitative estimate of drug-likeness (QED) is 0.578. The van der Waals surface area contributed by atoms with Gasteiger partial charge in [-0.1, -0.05) is 48.5 Å². The van der Waals surface area contributed by atoms with Gasteiger partial charge in [-0.3, -0.25) is 9.59 Å². The summed E-state index contributed by atoms with van der Waals surface area (Å²) in [6.45, 7) is 3.04. The molecule has 0 saturated carbocycles. The molecule has 3 aromatic carbocycles. The van der Waals surface area contributed by atoms with E-state index in [1.165, 1.54) is 22.3 Å². The van der Waals surface area contributed by atoms with Gasteiger partial charge in [-0.05, 0) is 65.8 Å². The first-order chi connectivity index (χ1) is 16.2. The van der Waals surface area contributed by atoms with Crippen LogP contribution in [-0.4, -0.2) is 31.5 Å². The van der Waals surface area contributed by atoms with Gasteiger partial charge in [0.2, 0.25) is 5.91 Å². The zero-order valence-electron chi connectivity index (χ0n) is 18.7. The van der Waals surface area contributed by atoms with Crippen LogP contribution in [0, 0.1) is 5.92 Å². The number of carbonyl (C=O) groups excluding carboxylic acids is 2. The van der Waals surface area contributed by atoms with Crippen molar-refractivity contribution in [2.24, 2.45) is 5.92 Å². The number of amides is 2. The highest BCUT2D eigenvalue weighted by molar-refractivity contribution is 5.96. The van der Waals surface area contributed by atoms with Gasteiger partial charge in [0.25, 0.3) is 5.91 Å². The predicted octanol–water partition coefficient (Wildman–Crippen LogP) is 4.23. The zero-order chi connectivity index (χ0) is 22.8. The van der Waals surface area contributed by atoms with Gasteiger partial charge in [-0.25, -0.2) is 0 Å². The van der Waals surface area contributed by atoms with Crippen LogP contribution in [0.4, 0.5) is 0 Å². The van der Waals surface area contributed by atoms with Crippen molar-refractivity contribution in [2.75, 3.05) is 19.7 Å². The minimum absolute atomic E-state index is 0.0416. The lowest BCUT2D eigenvalue weighted by Crippen LogP contribution is -2.42. The van der Waals surface area contributed by atoms with Crippen molar-refractivity contribution >= 4 is 11.8 Å². The Hall–Kier alpha value is -3.60. The molecule has 2 N–H and O–H groups in total. The highest BCUT2D eigenvalue weighted by Gasteiger charge is 2.42. The third-order valence-corrected chi connectivity index (χ3v) is 6.82. The summed E-state index contributed by atoms with van der Waals surface area (Å²) >= 11 is 0. The molecule has 6 rings (SSSR count). The zero-order valence-corrected chi connectivity index (χ0v) is 18.7. The molecule has 0 saturated heterocycles. The number of benzene rings is 3. The van der Waals surface area contributed by atoms with Crippen molar-refractivity contribution in [3.05, 3.63) is 101 Å². The molecule has 168 valence electrons. The Morgan fingerprint density at radius 2 is 1.45 bits per heavy atom. The smallest absolute Gasteiger partial charge is 0.251 e. The second-order valence-electron chi connectivity index (χ2n) is 8.73. The lowest BCUT2D eigenvalue weighted by Gasteiger charge is -2.45. The van der Waals surface area contributed by atoms with Gasteiger partial charge in [0, 0.05) is 23.9 Å². The van der Waals surface area contributed by atoms with Crippen molar-refractivity contribution < 1.29 is 14.3 Å². The van der Waals surface area contributed by atoms with Crippen LogP contribution in [0.15, 0.2) is 72.8 Å². The number of rotatable bonds is 7. The minimum atomic E-state index is -0.271. The summed E-state index contributed by atoms with van der Waals surface area (Å²) in [7, 11) is 0. The van der Waals surface area contributed by atoms with Crippen LogP contribution >= 0.6 is 0 Å². The first-order valence-electron chi connectivity index (χ1n) is 11.6. The predicted molar refractivity (Wildman–Crippen MR) is 128 cm³/mol. The van der Waals surface area contributed by atoms with E-state index in [2.05, 4.69) is 59.2 Å². The Kier molecular flexibility index (Phi) is 5.86. The van der Waals surface area contributed by atoms with Crippen LogP contribution in [0.2, 0.25) is 0 Å². The molecule has 1 unspecified atom stereocenters. The maximum Gasteiger partial charge on any atom is 0.251 e. The molecule has 0 fully saturated rings. The topological polar surface area (TPSA) is 67.4 Å². The van der Waals surface area contributed by atoms with Crippen molar-refractivity contribution in [3.63, 3.8) is 0 Å². The molecule has 0 radical (unpaired) electrons. The van der Waals surface area contributed by atoms with Gasteiger partial charge in [0.1, 0.15) is 5.75 Å². The van der Waals surface area contributed by atoms with Gasteiger partial charge < -0.3 is 15.4 Å². The number of hydrogen-bond donors (Lipinski definition) is 2. The highest BCUT2D eigenvalue weighted by Crippen LogP contribution is 2.55. The molecule has 1 atom stereocenters. The number of nitrogens with one attached hydrogen (secondary N) is 2. The molecule has 2 amide bonds. The maximum absolute atomic E-state index is 12.5. The van der Waals surface area contributed by atoms with E-state index in [-0.39, 0.29) is 18.4 Å². The summed E-state index contributed by atoms with van der Waals surface area (Å²) in [5.41, 5.74) is 6.12. The maximum atomic E-state index is 12.5. The summed E-state index contributed by atoms with van der Waals surface area (Å²) in [6, 6.07) is 24.3. The Balaban J connectivity index is 1.20. The van der Waals surface area contributed by atoms with Gasteiger partial charge in [-0.2, -0.15) is 0 Å². The molecule has 3 aliphatic rings. The molecule has 0 aromatic heterocycles. The van der Waals surface area contributed by atoms with Crippen LogP contribution in [0.3, 0.4) is 0 Å². The lowest BCUT2D eigenvalue weighted by atomic mass is 9.59. The number of hydrogen-bond acceptors (Lipinski definition) is 3. The Morgan fingerprint density at radius 3 is 2.06 bits per heavy atom. The third-order valence-electron chi connectivity index (χ3n) is 6.82. The SMILES string of the molecule is CCOc1ccc(C(=O)NCC(=O)NCC2CC3c4ccccc4C2c2ccccc23)cc1. The third kappa shape index (κ3) is 4.11. The molecule has 0 aliphatic heterocycles. The average molecular weight is 441 g/mol. The first kappa shape index (κ1) is 21.3. The molecule has 0 spiro atoms. The first-order valence-corrected chi connectivity index (χ1v) is 11.6. The summed E-state index contributed by atoms with van der Waals surface area (Å²) in [5, 5.41) is 5.77. The molecular formula is C28H28N2O3. The summed E-state index contributed by atoms with van der Waals surface area (Å²) < 4.78 is 5.40.